The maximum absolute atomic E-state index is 13.2. The highest BCUT2D eigenvalue weighted by Gasteiger charge is 2.37. The summed E-state index contributed by atoms with van der Waals surface area (Å²) >= 11 is 0. The fourth-order valence-corrected chi connectivity index (χ4v) is 5.05. The van der Waals surface area contributed by atoms with Crippen molar-refractivity contribution in [1.29, 1.82) is 0 Å². The number of sulfonamides is 1. The Bertz CT molecular complexity index is 1150. The Hall–Kier alpha value is -3.35. The number of hydrogen-bond donors (Lipinski definition) is 2. The Kier molecular flexibility index (Phi) is 7.20. The van der Waals surface area contributed by atoms with Gasteiger partial charge in [0.05, 0.1) is 25.2 Å². The first kappa shape index (κ1) is 23.8. The molecule has 2 aliphatic rings. The smallest absolute Gasteiger partial charge is 0.309 e. The predicted molar refractivity (Wildman–Crippen MR) is 119 cm³/mol. The molecule has 2 N–H and O–H groups in total. The average molecular weight is 492 g/mol. The van der Waals surface area contributed by atoms with Gasteiger partial charge in [-0.25, -0.2) is 8.42 Å². The largest absolute Gasteiger partial charge is 0.497 e. The van der Waals surface area contributed by atoms with Crippen molar-refractivity contribution in [3.8, 4) is 17.2 Å². The van der Waals surface area contributed by atoms with Crippen LogP contribution in [0, 0.1) is 0 Å². The number of carbonyl (C=O) groups is 2. The Morgan fingerprint density at radius 2 is 1.71 bits per heavy atom. The summed E-state index contributed by atoms with van der Waals surface area (Å²) in [6.07, 6.45) is -0.948. The number of methoxy groups -OCH3 is 1. The first-order chi connectivity index (χ1) is 16.4. The molecule has 2 aromatic rings. The minimum Gasteiger partial charge on any atom is -0.497 e. The van der Waals surface area contributed by atoms with Crippen molar-refractivity contribution >= 4 is 21.8 Å². The second kappa shape index (κ2) is 10.3. The third kappa shape index (κ3) is 5.24. The topological polar surface area (TPSA) is 132 Å². The number of rotatable bonds is 7. The van der Waals surface area contributed by atoms with Gasteiger partial charge in [0.1, 0.15) is 25.2 Å². The Morgan fingerprint density at radius 3 is 2.44 bits per heavy atom. The molecule has 182 valence electrons. The minimum atomic E-state index is -3.93. The van der Waals surface area contributed by atoms with Crippen LogP contribution in [0.1, 0.15) is 5.56 Å². The molecule has 11 nitrogen and oxygen atoms in total. The highest BCUT2D eigenvalue weighted by atomic mass is 32.2. The number of nitrogens with one attached hydrogen (secondary N) is 2. The van der Waals surface area contributed by atoms with E-state index >= 15 is 0 Å². The Morgan fingerprint density at radius 1 is 1.00 bits per heavy atom. The van der Waals surface area contributed by atoms with Crippen molar-refractivity contribution in [2.24, 2.45) is 0 Å². The van der Waals surface area contributed by atoms with Gasteiger partial charge in [-0.1, -0.05) is 12.1 Å². The Balaban J connectivity index is 1.33. The number of benzene rings is 2. The zero-order valence-electron chi connectivity index (χ0n) is 18.5. The molecule has 0 aromatic heterocycles. The molecule has 2 aromatic carbocycles. The molecule has 0 radical (unpaired) electrons. The van der Waals surface area contributed by atoms with E-state index in [1.807, 2.05) is 0 Å². The lowest BCUT2D eigenvalue weighted by molar-refractivity contribution is -0.139. The molecule has 1 atom stereocenters. The monoisotopic (exact) mass is 491 g/mol. The summed E-state index contributed by atoms with van der Waals surface area (Å²) in [7, 11) is -2.38. The third-order valence-corrected chi connectivity index (χ3v) is 7.20. The molecular formula is C22H25N3O8S. The number of nitrogens with zero attached hydrogens (tertiary/aromatic N) is 1. The standard InChI is InChI=1S/C22H25N3O8S/c1-30-16-4-2-15(3-5-16)13-23-21(26)22(27)24-14-20-25(8-9-33-20)34(28,29)17-6-7-18-19(12-17)32-11-10-31-18/h2-7,12,20H,8-11,13-14H2,1H3,(H,23,26)(H,24,27)/t20-/m0/s1. The van der Waals surface area contributed by atoms with Crippen molar-refractivity contribution in [3.05, 3.63) is 48.0 Å². The zero-order valence-corrected chi connectivity index (χ0v) is 19.3. The van der Waals surface area contributed by atoms with E-state index < -0.39 is 28.1 Å². The fourth-order valence-electron chi connectivity index (χ4n) is 3.53. The van der Waals surface area contributed by atoms with Crippen LogP contribution in [0.4, 0.5) is 0 Å². The van der Waals surface area contributed by atoms with Gasteiger partial charge in [-0.15, -0.1) is 0 Å². The van der Waals surface area contributed by atoms with Crippen LogP contribution in [0.2, 0.25) is 0 Å². The molecule has 2 heterocycles. The number of fused-ring (bicyclic) bond motifs is 1. The lowest BCUT2D eigenvalue weighted by atomic mass is 10.2. The minimum absolute atomic E-state index is 0.0239. The number of carbonyl (C=O) groups excluding carboxylic acids is 2. The summed E-state index contributed by atoms with van der Waals surface area (Å²) in [6.45, 7) is 0.974. The van der Waals surface area contributed by atoms with Gasteiger partial charge in [-0.05, 0) is 29.8 Å². The van der Waals surface area contributed by atoms with Crippen LogP contribution in [-0.2, 0) is 30.9 Å². The van der Waals surface area contributed by atoms with Crippen LogP contribution in [0.25, 0.3) is 0 Å². The van der Waals surface area contributed by atoms with Crippen molar-refractivity contribution in [2.75, 3.05) is 40.0 Å². The molecule has 2 aliphatic heterocycles. The molecule has 1 saturated heterocycles. The molecule has 12 heteroatoms. The van der Waals surface area contributed by atoms with Crippen LogP contribution in [0.3, 0.4) is 0 Å². The van der Waals surface area contributed by atoms with E-state index in [0.29, 0.717) is 30.5 Å². The molecule has 34 heavy (non-hydrogen) atoms. The first-order valence-corrected chi connectivity index (χ1v) is 12.0. The van der Waals surface area contributed by atoms with E-state index in [9.17, 15) is 18.0 Å². The van der Waals surface area contributed by atoms with Crippen LogP contribution >= 0.6 is 0 Å². The third-order valence-electron chi connectivity index (χ3n) is 5.32. The molecule has 0 spiro atoms. The van der Waals surface area contributed by atoms with Gasteiger partial charge in [0.2, 0.25) is 10.0 Å². The molecule has 4 rings (SSSR count). The van der Waals surface area contributed by atoms with E-state index in [1.165, 1.54) is 12.1 Å². The molecule has 0 unspecified atom stereocenters. The van der Waals surface area contributed by atoms with Crippen molar-refractivity contribution < 1.29 is 37.0 Å². The fraction of sp³-hybridized carbons (Fsp3) is 0.364. The van der Waals surface area contributed by atoms with Gasteiger partial charge in [0.25, 0.3) is 0 Å². The summed E-state index contributed by atoms with van der Waals surface area (Å²) in [6, 6.07) is 11.4. The van der Waals surface area contributed by atoms with Gasteiger partial charge in [-0.3, -0.25) is 9.59 Å². The zero-order chi connectivity index (χ0) is 24.1. The highest BCUT2D eigenvalue weighted by Crippen LogP contribution is 2.34. The van der Waals surface area contributed by atoms with Crippen molar-refractivity contribution in [1.82, 2.24) is 14.9 Å². The van der Waals surface area contributed by atoms with Crippen LogP contribution in [0.5, 0.6) is 17.2 Å². The number of ether oxygens (including phenoxy) is 4. The summed E-state index contributed by atoms with van der Waals surface area (Å²) in [5, 5.41) is 4.95. The number of hydrogen-bond acceptors (Lipinski definition) is 8. The van der Waals surface area contributed by atoms with E-state index in [0.717, 1.165) is 9.87 Å². The van der Waals surface area contributed by atoms with Gasteiger partial charge in [0, 0.05) is 19.2 Å². The predicted octanol–water partition coefficient (Wildman–Crippen LogP) is 0.246. The van der Waals surface area contributed by atoms with Gasteiger partial charge < -0.3 is 29.6 Å². The SMILES string of the molecule is COc1ccc(CNC(=O)C(=O)NC[C@@H]2OCCN2S(=O)(=O)c2ccc3c(c2)OCCO3)cc1. The second-order valence-electron chi connectivity index (χ2n) is 7.49. The summed E-state index contributed by atoms with van der Waals surface area (Å²) in [5.74, 6) is -0.214. The van der Waals surface area contributed by atoms with Crippen LogP contribution in [0.15, 0.2) is 47.4 Å². The van der Waals surface area contributed by atoms with E-state index in [-0.39, 0.29) is 31.1 Å². The second-order valence-corrected chi connectivity index (χ2v) is 9.38. The van der Waals surface area contributed by atoms with Gasteiger partial charge in [-0.2, -0.15) is 4.31 Å². The molecular weight excluding hydrogens is 466 g/mol. The molecule has 2 amide bonds. The normalized spacial score (nSPS) is 17.7. The van der Waals surface area contributed by atoms with E-state index in [4.69, 9.17) is 18.9 Å². The number of amides is 2. The van der Waals surface area contributed by atoms with E-state index in [1.54, 1.807) is 37.4 Å². The van der Waals surface area contributed by atoms with Crippen LogP contribution in [-0.4, -0.2) is 70.8 Å². The molecule has 1 fully saturated rings. The van der Waals surface area contributed by atoms with Gasteiger partial charge >= 0.3 is 11.8 Å². The average Bonchev–Trinajstić information content (AvgIpc) is 3.35. The van der Waals surface area contributed by atoms with Gasteiger partial charge in [0.15, 0.2) is 11.5 Å². The summed E-state index contributed by atoms with van der Waals surface area (Å²) < 4.78 is 49.0. The maximum atomic E-state index is 13.2. The lowest BCUT2D eigenvalue weighted by Crippen LogP contribution is -2.47. The first-order valence-electron chi connectivity index (χ1n) is 10.6. The van der Waals surface area contributed by atoms with Crippen molar-refractivity contribution in [2.45, 2.75) is 17.7 Å². The maximum Gasteiger partial charge on any atom is 0.309 e. The summed E-state index contributed by atoms with van der Waals surface area (Å²) in [4.78, 5) is 24.4. The van der Waals surface area contributed by atoms with Crippen molar-refractivity contribution in [3.63, 3.8) is 0 Å². The molecule has 0 bridgehead atoms. The quantitative estimate of drug-likeness (QED) is 0.527. The summed E-state index contributed by atoms with van der Waals surface area (Å²) in [5.41, 5.74) is 0.790. The molecule has 0 saturated carbocycles. The molecule has 0 aliphatic carbocycles. The van der Waals surface area contributed by atoms with E-state index in [2.05, 4.69) is 10.6 Å². The van der Waals surface area contributed by atoms with Crippen LogP contribution < -0.4 is 24.8 Å². The Labute approximate surface area is 197 Å². The highest BCUT2D eigenvalue weighted by molar-refractivity contribution is 7.89. The lowest BCUT2D eigenvalue weighted by Gasteiger charge is -2.24.